The summed E-state index contributed by atoms with van der Waals surface area (Å²) in [5.74, 6) is -1.27. The second-order valence-electron chi connectivity index (χ2n) is 5.53. The first-order valence-corrected chi connectivity index (χ1v) is 10.3. The molecule has 0 fully saturated rings. The zero-order valence-electron chi connectivity index (χ0n) is 12.9. The van der Waals surface area contributed by atoms with Crippen LogP contribution in [0, 0.1) is 16.4 Å². The number of nitrogens with zero attached hydrogens (tertiary/aromatic N) is 1. The highest BCUT2D eigenvalue weighted by atomic mass is 127. The van der Waals surface area contributed by atoms with Crippen molar-refractivity contribution in [1.82, 2.24) is 3.97 Å². The van der Waals surface area contributed by atoms with Crippen LogP contribution in [0.1, 0.15) is 11.1 Å². The van der Waals surface area contributed by atoms with Crippen molar-refractivity contribution in [1.29, 1.82) is 0 Å². The molecular formula is C16H9BrF4INO2S. The molecule has 3 rings (SSSR count). The lowest BCUT2D eigenvalue weighted by molar-refractivity contribution is -0.138. The van der Waals surface area contributed by atoms with Crippen molar-refractivity contribution in [2.24, 2.45) is 0 Å². The summed E-state index contributed by atoms with van der Waals surface area (Å²) in [5, 5.41) is -0.169. The number of hydrogen-bond acceptors (Lipinski definition) is 2. The molecule has 26 heavy (non-hydrogen) atoms. The van der Waals surface area contributed by atoms with Gasteiger partial charge in [0.25, 0.3) is 10.0 Å². The third-order valence-corrected chi connectivity index (χ3v) is 7.45. The van der Waals surface area contributed by atoms with Crippen LogP contribution in [0.3, 0.4) is 0 Å². The number of benzene rings is 2. The second-order valence-corrected chi connectivity index (χ2v) is 9.21. The Bertz CT molecular complexity index is 1120. The van der Waals surface area contributed by atoms with E-state index < -0.39 is 37.6 Å². The molecular weight excluding hydrogens is 553 g/mol. The number of aryl methyl sites for hydroxylation is 1. The van der Waals surface area contributed by atoms with Gasteiger partial charge in [0.2, 0.25) is 0 Å². The van der Waals surface area contributed by atoms with Gasteiger partial charge in [0.05, 0.1) is 14.2 Å². The predicted molar refractivity (Wildman–Crippen MR) is 101 cm³/mol. The Morgan fingerprint density at radius 1 is 1.12 bits per heavy atom. The Morgan fingerprint density at radius 3 is 2.23 bits per heavy atom. The molecule has 0 aliphatic rings. The molecule has 0 saturated heterocycles. The van der Waals surface area contributed by atoms with Crippen LogP contribution in [0.25, 0.3) is 10.9 Å². The third kappa shape index (κ3) is 3.15. The average molecular weight is 562 g/mol. The lowest BCUT2D eigenvalue weighted by Gasteiger charge is -2.13. The zero-order valence-corrected chi connectivity index (χ0v) is 17.5. The summed E-state index contributed by atoms with van der Waals surface area (Å²) in [6.07, 6.45) is -4.78. The Kier molecular flexibility index (Phi) is 4.89. The molecule has 0 aliphatic carbocycles. The maximum Gasteiger partial charge on any atom is 0.417 e. The van der Waals surface area contributed by atoms with E-state index in [-0.39, 0.29) is 14.0 Å². The molecule has 0 amide bonds. The van der Waals surface area contributed by atoms with Gasteiger partial charge in [-0.1, -0.05) is 17.7 Å². The summed E-state index contributed by atoms with van der Waals surface area (Å²) >= 11 is 4.49. The molecule has 3 nitrogen and oxygen atoms in total. The summed E-state index contributed by atoms with van der Waals surface area (Å²) in [7, 11) is -4.19. The maximum atomic E-state index is 14.5. The summed E-state index contributed by atoms with van der Waals surface area (Å²) in [4.78, 5) is -0.0889. The summed E-state index contributed by atoms with van der Waals surface area (Å²) < 4.78 is 80.0. The lowest BCUT2D eigenvalue weighted by Crippen LogP contribution is -2.15. The first-order valence-electron chi connectivity index (χ1n) is 7.03. The van der Waals surface area contributed by atoms with E-state index in [0.29, 0.717) is 10.0 Å². The Hall–Kier alpha value is -1.14. The fourth-order valence-electron chi connectivity index (χ4n) is 2.52. The van der Waals surface area contributed by atoms with Crippen LogP contribution in [-0.2, 0) is 16.2 Å². The molecule has 1 heterocycles. The molecule has 0 aliphatic heterocycles. The highest BCUT2D eigenvalue weighted by molar-refractivity contribution is 14.1. The largest absolute Gasteiger partial charge is 0.417 e. The number of aromatic nitrogens is 1. The molecule has 3 aromatic rings. The van der Waals surface area contributed by atoms with E-state index in [1.807, 2.05) is 0 Å². The molecule has 0 N–H and O–H groups in total. The van der Waals surface area contributed by atoms with E-state index in [2.05, 4.69) is 15.9 Å². The standard InChI is InChI=1S/C16H9BrF4INO2S/c1-8-2-4-9(5-3-8)26(24,25)23-13(22)6-10-14(17)11(16(19,20)21)7-12(18)15(10)23/h2-7H,1H3. The van der Waals surface area contributed by atoms with E-state index in [4.69, 9.17) is 0 Å². The minimum Gasteiger partial charge on any atom is -0.225 e. The van der Waals surface area contributed by atoms with Crippen LogP contribution in [0.5, 0.6) is 0 Å². The summed E-state index contributed by atoms with van der Waals surface area (Å²) in [6.45, 7) is 1.78. The highest BCUT2D eigenvalue weighted by Crippen LogP contribution is 2.41. The zero-order chi connectivity index (χ0) is 19.4. The lowest BCUT2D eigenvalue weighted by atomic mass is 10.1. The summed E-state index contributed by atoms with van der Waals surface area (Å²) in [5.41, 5.74) is -0.807. The highest BCUT2D eigenvalue weighted by Gasteiger charge is 2.36. The fourth-order valence-corrected chi connectivity index (χ4v) is 5.89. The third-order valence-electron chi connectivity index (χ3n) is 3.75. The van der Waals surface area contributed by atoms with Gasteiger partial charge < -0.3 is 0 Å². The van der Waals surface area contributed by atoms with E-state index >= 15 is 0 Å². The molecule has 0 saturated carbocycles. The second kappa shape index (κ2) is 6.48. The molecule has 1 aromatic heterocycles. The smallest absolute Gasteiger partial charge is 0.225 e. The van der Waals surface area contributed by atoms with E-state index in [0.717, 1.165) is 5.56 Å². The van der Waals surface area contributed by atoms with Crippen molar-refractivity contribution >= 4 is 59.4 Å². The van der Waals surface area contributed by atoms with Crippen LogP contribution in [-0.4, -0.2) is 12.4 Å². The number of rotatable bonds is 2. The van der Waals surface area contributed by atoms with Crippen molar-refractivity contribution in [3.63, 3.8) is 0 Å². The number of fused-ring (bicyclic) bond motifs is 1. The van der Waals surface area contributed by atoms with Crippen LogP contribution < -0.4 is 0 Å². The maximum absolute atomic E-state index is 14.5. The first kappa shape index (κ1) is 19.6. The minimum atomic E-state index is -4.78. The van der Waals surface area contributed by atoms with Gasteiger partial charge in [-0.05, 0) is 69.7 Å². The van der Waals surface area contributed by atoms with Crippen LogP contribution >= 0.6 is 38.5 Å². The molecule has 10 heteroatoms. The van der Waals surface area contributed by atoms with Crippen LogP contribution in [0.2, 0.25) is 0 Å². The van der Waals surface area contributed by atoms with Crippen molar-refractivity contribution < 1.29 is 26.0 Å². The van der Waals surface area contributed by atoms with Gasteiger partial charge in [-0.2, -0.15) is 13.2 Å². The Morgan fingerprint density at radius 2 is 1.69 bits per heavy atom. The summed E-state index contributed by atoms with van der Waals surface area (Å²) in [6, 6.07) is 7.39. The minimum absolute atomic E-state index is 0.0668. The Balaban J connectivity index is 2.37. The van der Waals surface area contributed by atoms with Crippen molar-refractivity contribution in [2.45, 2.75) is 18.0 Å². The van der Waals surface area contributed by atoms with Gasteiger partial charge in [-0.25, -0.2) is 16.8 Å². The molecule has 0 atom stereocenters. The molecule has 0 radical (unpaired) electrons. The van der Waals surface area contributed by atoms with Gasteiger partial charge in [-0.15, -0.1) is 0 Å². The van der Waals surface area contributed by atoms with Crippen LogP contribution in [0.15, 0.2) is 45.8 Å². The van der Waals surface area contributed by atoms with Gasteiger partial charge in [0, 0.05) is 9.86 Å². The van der Waals surface area contributed by atoms with Crippen molar-refractivity contribution in [2.75, 3.05) is 0 Å². The van der Waals surface area contributed by atoms with Gasteiger partial charge >= 0.3 is 6.18 Å². The van der Waals surface area contributed by atoms with Gasteiger partial charge in [0.15, 0.2) is 0 Å². The topological polar surface area (TPSA) is 39.1 Å². The molecule has 0 spiro atoms. The predicted octanol–water partition coefficient (Wildman–Crippen LogP) is 5.71. The SMILES string of the molecule is Cc1ccc(S(=O)(=O)n2c(I)cc3c(Br)c(C(F)(F)F)cc(F)c32)cc1. The molecule has 0 bridgehead atoms. The van der Waals surface area contributed by atoms with Gasteiger partial charge in [0.1, 0.15) is 11.3 Å². The number of hydrogen-bond donors (Lipinski definition) is 0. The van der Waals surface area contributed by atoms with Crippen molar-refractivity contribution in [3.8, 4) is 0 Å². The molecule has 2 aromatic carbocycles. The van der Waals surface area contributed by atoms with Gasteiger partial charge in [-0.3, -0.25) is 0 Å². The number of halogens is 6. The fraction of sp³-hybridized carbons (Fsp3) is 0.125. The number of alkyl halides is 3. The quantitative estimate of drug-likeness (QED) is 0.297. The first-order chi connectivity index (χ1) is 11.9. The molecule has 0 unspecified atom stereocenters. The van der Waals surface area contributed by atoms with E-state index in [1.165, 1.54) is 18.2 Å². The normalized spacial score (nSPS) is 12.7. The Labute approximate surface area is 168 Å². The van der Waals surface area contributed by atoms with E-state index in [1.54, 1.807) is 41.6 Å². The van der Waals surface area contributed by atoms with E-state index in [9.17, 15) is 26.0 Å². The molecule has 138 valence electrons. The van der Waals surface area contributed by atoms with Crippen LogP contribution in [0.4, 0.5) is 17.6 Å². The monoisotopic (exact) mass is 561 g/mol. The average Bonchev–Trinajstić information content (AvgIpc) is 2.89. The van der Waals surface area contributed by atoms with Crippen molar-refractivity contribution in [3.05, 3.63) is 61.5 Å².